The van der Waals surface area contributed by atoms with Crippen LogP contribution in [0.4, 0.5) is 5.69 Å². The van der Waals surface area contributed by atoms with E-state index in [4.69, 9.17) is 11.6 Å². The molecule has 0 aliphatic heterocycles. The van der Waals surface area contributed by atoms with Gasteiger partial charge in [0.2, 0.25) is 5.91 Å². The Morgan fingerprint density at radius 3 is 2.44 bits per heavy atom. The molecule has 8 heteroatoms. The molecule has 0 fully saturated rings. The summed E-state index contributed by atoms with van der Waals surface area (Å²) < 4.78 is 1.95. The average Bonchev–Trinajstić information content (AvgIpc) is 3.22. The fourth-order valence-corrected chi connectivity index (χ4v) is 4.40. The first-order valence-corrected chi connectivity index (χ1v) is 12.0. The summed E-state index contributed by atoms with van der Waals surface area (Å²) in [6, 6.07) is 24.4. The van der Waals surface area contributed by atoms with E-state index in [1.54, 1.807) is 24.3 Å². The lowest BCUT2D eigenvalue weighted by atomic mass is 10.1. The summed E-state index contributed by atoms with van der Waals surface area (Å²) in [5.74, 6) is 0.513. The van der Waals surface area contributed by atoms with Crippen molar-refractivity contribution >= 4 is 40.7 Å². The number of benzene rings is 3. The molecule has 0 spiro atoms. The largest absolute Gasteiger partial charge is 0.325 e. The highest BCUT2D eigenvalue weighted by atomic mass is 35.5. The van der Waals surface area contributed by atoms with Crippen LogP contribution in [-0.4, -0.2) is 31.7 Å². The van der Waals surface area contributed by atoms with Gasteiger partial charge in [-0.3, -0.25) is 14.2 Å². The van der Waals surface area contributed by atoms with E-state index in [1.165, 1.54) is 18.7 Å². The summed E-state index contributed by atoms with van der Waals surface area (Å²) in [6.07, 6.45) is 0.593. The fraction of sp³-hybridized carbons (Fsp3) is 0.154. The third kappa shape index (κ3) is 5.73. The van der Waals surface area contributed by atoms with Crippen LogP contribution in [0, 0.1) is 0 Å². The Morgan fingerprint density at radius 2 is 1.74 bits per heavy atom. The molecule has 6 nitrogen and oxygen atoms in total. The van der Waals surface area contributed by atoms with Gasteiger partial charge in [0, 0.05) is 28.4 Å². The third-order valence-electron chi connectivity index (χ3n) is 5.18. The van der Waals surface area contributed by atoms with Gasteiger partial charge in [0.1, 0.15) is 5.82 Å². The molecule has 0 bridgehead atoms. The number of halogens is 1. The lowest BCUT2D eigenvalue weighted by molar-refractivity contribution is -0.115. The summed E-state index contributed by atoms with van der Waals surface area (Å²) in [4.78, 5) is 24.5. The molecule has 4 rings (SSSR count). The van der Waals surface area contributed by atoms with Gasteiger partial charge in [0.15, 0.2) is 10.9 Å². The van der Waals surface area contributed by atoms with Crippen LogP contribution in [0.3, 0.4) is 0 Å². The van der Waals surface area contributed by atoms with Crippen molar-refractivity contribution in [2.24, 2.45) is 0 Å². The highest BCUT2D eigenvalue weighted by molar-refractivity contribution is 8.00. The first-order valence-electron chi connectivity index (χ1n) is 10.7. The first kappa shape index (κ1) is 23.7. The van der Waals surface area contributed by atoms with Crippen molar-refractivity contribution in [3.05, 3.63) is 101 Å². The van der Waals surface area contributed by atoms with Crippen molar-refractivity contribution in [3.63, 3.8) is 0 Å². The fourth-order valence-electron chi connectivity index (χ4n) is 3.39. The van der Waals surface area contributed by atoms with E-state index >= 15 is 0 Å². The molecule has 172 valence electrons. The SMILES string of the molecule is CC(=O)c1cccc(NC(=O)C(C)Sc2nnc(Cc3ccccc3)n2-c2ccc(Cl)cc2)c1. The summed E-state index contributed by atoms with van der Waals surface area (Å²) in [6.45, 7) is 3.31. The summed E-state index contributed by atoms with van der Waals surface area (Å²) >= 11 is 7.41. The summed E-state index contributed by atoms with van der Waals surface area (Å²) in [5.41, 5.74) is 3.10. The molecule has 1 N–H and O–H groups in total. The topological polar surface area (TPSA) is 76.9 Å². The predicted molar refractivity (Wildman–Crippen MR) is 136 cm³/mol. The Bertz CT molecular complexity index is 1310. The number of hydrogen-bond donors (Lipinski definition) is 1. The van der Waals surface area contributed by atoms with E-state index in [9.17, 15) is 9.59 Å². The quantitative estimate of drug-likeness (QED) is 0.248. The number of aromatic nitrogens is 3. The first-order chi connectivity index (χ1) is 16.4. The monoisotopic (exact) mass is 490 g/mol. The van der Waals surface area contributed by atoms with Crippen LogP contribution < -0.4 is 5.32 Å². The Labute approximate surface area is 207 Å². The molecule has 0 aliphatic rings. The molecular weight excluding hydrogens is 468 g/mol. The van der Waals surface area contributed by atoms with E-state index in [1.807, 2.05) is 66.1 Å². The van der Waals surface area contributed by atoms with Gasteiger partial charge >= 0.3 is 0 Å². The van der Waals surface area contributed by atoms with E-state index in [0.29, 0.717) is 27.9 Å². The zero-order chi connectivity index (χ0) is 24.1. The highest BCUT2D eigenvalue weighted by Crippen LogP contribution is 2.28. The Hall–Kier alpha value is -3.42. The molecule has 1 heterocycles. The van der Waals surface area contributed by atoms with Crippen LogP contribution in [0.1, 0.15) is 35.6 Å². The predicted octanol–water partition coefficient (Wildman–Crippen LogP) is 5.83. The summed E-state index contributed by atoms with van der Waals surface area (Å²) in [5, 5.41) is 12.5. The van der Waals surface area contributed by atoms with Crippen LogP contribution in [-0.2, 0) is 11.2 Å². The molecule has 34 heavy (non-hydrogen) atoms. The number of ketones is 1. The number of amides is 1. The van der Waals surface area contributed by atoms with Crippen molar-refractivity contribution in [2.75, 3.05) is 5.32 Å². The second-order valence-electron chi connectivity index (χ2n) is 7.76. The average molecular weight is 491 g/mol. The molecule has 1 unspecified atom stereocenters. The molecule has 0 saturated heterocycles. The molecule has 0 aliphatic carbocycles. The van der Waals surface area contributed by atoms with Crippen molar-refractivity contribution in [1.29, 1.82) is 0 Å². The molecule has 0 saturated carbocycles. The van der Waals surface area contributed by atoms with Gasteiger partial charge in [-0.15, -0.1) is 10.2 Å². The number of rotatable bonds is 8. The van der Waals surface area contributed by atoms with Crippen LogP contribution in [0.15, 0.2) is 84.0 Å². The Kier molecular flexibility index (Phi) is 7.45. The minimum Gasteiger partial charge on any atom is -0.325 e. The van der Waals surface area contributed by atoms with E-state index < -0.39 is 5.25 Å². The van der Waals surface area contributed by atoms with Gasteiger partial charge < -0.3 is 5.32 Å². The number of carbonyl (C=O) groups excluding carboxylic acids is 2. The molecule has 1 aromatic heterocycles. The van der Waals surface area contributed by atoms with Crippen molar-refractivity contribution in [2.45, 2.75) is 30.7 Å². The second-order valence-corrected chi connectivity index (χ2v) is 9.50. The molecular formula is C26H23ClN4O2S. The van der Waals surface area contributed by atoms with E-state index in [2.05, 4.69) is 15.5 Å². The van der Waals surface area contributed by atoms with E-state index in [0.717, 1.165) is 17.1 Å². The smallest absolute Gasteiger partial charge is 0.237 e. The molecule has 3 aromatic carbocycles. The minimum absolute atomic E-state index is 0.0551. The number of Topliss-reactive ketones (excluding diaryl/α,β-unsaturated/α-hetero) is 1. The van der Waals surface area contributed by atoms with Crippen LogP contribution in [0.25, 0.3) is 5.69 Å². The highest BCUT2D eigenvalue weighted by Gasteiger charge is 2.21. The number of anilines is 1. The Morgan fingerprint density at radius 1 is 1.00 bits per heavy atom. The van der Waals surface area contributed by atoms with Gasteiger partial charge in [-0.1, -0.05) is 65.8 Å². The van der Waals surface area contributed by atoms with Crippen molar-refractivity contribution in [3.8, 4) is 5.69 Å². The molecule has 1 amide bonds. The zero-order valence-corrected chi connectivity index (χ0v) is 20.3. The van der Waals surface area contributed by atoms with Crippen molar-refractivity contribution in [1.82, 2.24) is 14.8 Å². The molecule has 1 atom stereocenters. The van der Waals surface area contributed by atoms with Crippen molar-refractivity contribution < 1.29 is 9.59 Å². The Balaban J connectivity index is 1.58. The van der Waals surface area contributed by atoms with Crippen LogP contribution in [0.5, 0.6) is 0 Å². The number of thioether (sulfide) groups is 1. The lowest BCUT2D eigenvalue weighted by Crippen LogP contribution is -2.23. The van der Waals surface area contributed by atoms with Gasteiger partial charge in [0.25, 0.3) is 0 Å². The maximum atomic E-state index is 12.9. The van der Waals surface area contributed by atoms with Gasteiger partial charge in [-0.2, -0.15) is 0 Å². The molecule has 4 aromatic rings. The normalized spacial score (nSPS) is 11.7. The molecule has 0 radical (unpaired) electrons. The van der Waals surface area contributed by atoms with Gasteiger partial charge in [-0.05, 0) is 55.8 Å². The number of carbonyl (C=O) groups is 2. The zero-order valence-electron chi connectivity index (χ0n) is 18.7. The van der Waals surface area contributed by atoms with Crippen LogP contribution in [0.2, 0.25) is 5.02 Å². The maximum absolute atomic E-state index is 12.9. The van der Waals surface area contributed by atoms with E-state index in [-0.39, 0.29) is 11.7 Å². The van der Waals surface area contributed by atoms with Gasteiger partial charge in [-0.25, -0.2) is 0 Å². The van der Waals surface area contributed by atoms with Gasteiger partial charge in [0.05, 0.1) is 5.25 Å². The minimum atomic E-state index is -0.458. The van der Waals surface area contributed by atoms with Crippen LogP contribution >= 0.6 is 23.4 Å². The number of hydrogen-bond acceptors (Lipinski definition) is 5. The maximum Gasteiger partial charge on any atom is 0.237 e. The standard InChI is InChI=1S/C26H23ClN4O2S/c1-17(32)20-9-6-10-22(16-20)28-25(33)18(2)34-26-30-29-24(15-19-7-4-3-5-8-19)31(26)23-13-11-21(27)12-14-23/h3-14,16,18H,15H2,1-2H3,(H,28,33). The summed E-state index contributed by atoms with van der Waals surface area (Å²) in [7, 11) is 0. The number of nitrogens with one attached hydrogen (secondary N) is 1. The number of nitrogens with zero attached hydrogens (tertiary/aromatic N) is 3. The second kappa shape index (κ2) is 10.7. The lowest BCUT2D eigenvalue weighted by Gasteiger charge is -2.14. The third-order valence-corrected chi connectivity index (χ3v) is 6.47.